The number of phenols is 1. The van der Waals surface area contributed by atoms with Crippen molar-refractivity contribution in [1.82, 2.24) is 4.98 Å². The van der Waals surface area contributed by atoms with Gasteiger partial charge >= 0.3 is 6.18 Å². The molecule has 0 saturated carbocycles. The molecule has 1 aromatic heterocycles. The predicted octanol–water partition coefficient (Wildman–Crippen LogP) is 2.95. The van der Waals surface area contributed by atoms with Crippen LogP contribution < -0.4 is 11.5 Å². The van der Waals surface area contributed by atoms with E-state index in [1.165, 1.54) is 19.1 Å². The molecular formula is C13H12F3N3O. The predicted molar refractivity (Wildman–Crippen MR) is 69.9 cm³/mol. The molecule has 0 unspecified atom stereocenters. The number of hydrogen-bond donors (Lipinski definition) is 3. The Balaban J connectivity index is 2.61. The Morgan fingerprint density at radius 2 is 1.80 bits per heavy atom. The highest BCUT2D eigenvalue weighted by Gasteiger charge is 2.32. The number of halogens is 3. The number of phenolic OH excluding ortho intramolecular Hbond substituents is 1. The van der Waals surface area contributed by atoms with Crippen LogP contribution in [0.2, 0.25) is 0 Å². The van der Waals surface area contributed by atoms with Crippen LogP contribution in [0.25, 0.3) is 11.3 Å². The number of benzene rings is 1. The summed E-state index contributed by atoms with van der Waals surface area (Å²) in [6.07, 6.45) is -4.52. The standard InChI is InChI=1S/C13H12F3N3O/c1-6-4-7(13(14,15)16)5-10(20)11(6)9-3-2-8(17)12(18)19-9/h2-5,20H,17H2,1H3,(H2,18,19). The zero-order valence-electron chi connectivity index (χ0n) is 10.5. The summed E-state index contributed by atoms with van der Waals surface area (Å²) in [7, 11) is 0. The molecule has 4 nitrogen and oxygen atoms in total. The number of hydrogen-bond acceptors (Lipinski definition) is 4. The number of aromatic nitrogens is 1. The van der Waals surface area contributed by atoms with Gasteiger partial charge < -0.3 is 16.6 Å². The molecule has 0 aliphatic rings. The molecule has 1 heterocycles. The zero-order valence-corrected chi connectivity index (χ0v) is 10.5. The molecule has 5 N–H and O–H groups in total. The van der Waals surface area contributed by atoms with Crippen LogP contribution in [0, 0.1) is 6.92 Å². The molecule has 0 aliphatic heterocycles. The van der Waals surface area contributed by atoms with Gasteiger partial charge in [0.2, 0.25) is 0 Å². The van der Waals surface area contributed by atoms with Crippen LogP contribution in [0.1, 0.15) is 11.1 Å². The number of pyridine rings is 1. The van der Waals surface area contributed by atoms with Crippen LogP contribution in [0.3, 0.4) is 0 Å². The SMILES string of the molecule is Cc1cc(C(F)(F)F)cc(O)c1-c1ccc(N)c(N)n1. The van der Waals surface area contributed by atoms with E-state index in [-0.39, 0.29) is 28.3 Å². The van der Waals surface area contributed by atoms with Crippen LogP contribution >= 0.6 is 0 Å². The Morgan fingerprint density at radius 3 is 2.30 bits per heavy atom. The number of aryl methyl sites for hydroxylation is 1. The number of nitrogens with two attached hydrogens (primary N) is 2. The van der Waals surface area contributed by atoms with E-state index in [1.54, 1.807) is 0 Å². The van der Waals surface area contributed by atoms with E-state index in [0.29, 0.717) is 6.07 Å². The van der Waals surface area contributed by atoms with Gasteiger partial charge in [0.15, 0.2) is 0 Å². The molecule has 0 aliphatic carbocycles. The molecule has 2 aromatic rings. The Labute approximate surface area is 112 Å². The second-order valence-corrected chi connectivity index (χ2v) is 4.36. The average Bonchev–Trinajstić information content (AvgIpc) is 2.31. The van der Waals surface area contributed by atoms with Crippen LogP contribution in [-0.2, 0) is 6.18 Å². The van der Waals surface area contributed by atoms with E-state index >= 15 is 0 Å². The first kappa shape index (κ1) is 14.0. The summed E-state index contributed by atoms with van der Waals surface area (Å²) >= 11 is 0. The number of anilines is 2. The average molecular weight is 283 g/mol. The van der Waals surface area contributed by atoms with E-state index in [4.69, 9.17) is 11.5 Å². The first-order chi connectivity index (χ1) is 9.20. The summed E-state index contributed by atoms with van der Waals surface area (Å²) in [5.41, 5.74) is 11.1. The van der Waals surface area contributed by atoms with Gasteiger partial charge in [0, 0.05) is 5.56 Å². The summed E-state index contributed by atoms with van der Waals surface area (Å²) in [6.45, 7) is 1.46. The lowest BCUT2D eigenvalue weighted by Crippen LogP contribution is -2.06. The normalized spacial score (nSPS) is 11.6. The van der Waals surface area contributed by atoms with Gasteiger partial charge in [0.05, 0.1) is 16.9 Å². The van der Waals surface area contributed by atoms with Crippen molar-refractivity contribution in [1.29, 1.82) is 0 Å². The Kier molecular flexibility index (Phi) is 3.21. The fraction of sp³-hybridized carbons (Fsp3) is 0.154. The number of nitrogen functional groups attached to an aromatic ring is 2. The second kappa shape index (κ2) is 4.59. The molecule has 0 amide bonds. The Bertz CT molecular complexity index is 645. The van der Waals surface area contributed by atoms with Gasteiger partial charge in [-0.15, -0.1) is 0 Å². The largest absolute Gasteiger partial charge is 0.507 e. The first-order valence-corrected chi connectivity index (χ1v) is 5.63. The lowest BCUT2D eigenvalue weighted by molar-refractivity contribution is -0.137. The molecule has 0 spiro atoms. The zero-order chi connectivity index (χ0) is 15.1. The number of alkyl halides is 3. The molecule has 7 heteroatoms. The maximum atomic E-state index is 12.6. The van der Waals surface area contributed by atoms with Gasteiger partial charge in [0.25, 0.3) is 0 Å². The van der Waals surface area contributed by atoms with Gasteiger partial charge in [-0.2, -0.15) is 13.2 Å². The molecule has 0 fully saturated rings. The minimum Gasteiger partial charge on any atom is -0.507 e. The van der Waals surface area contributed by atoms with Crippen molar-refractivity contribution < 1.29 is 18.3 Å². The lowest BCUT2D eigenvalue weighted by Gasteiger charge is -2.13. The van der Waals surface area contributed by atoms with Gasteiger partial charge in [0.1, 0.15) is 11.6 Å². The molecule has 0 bridgehead atoms. The van der Waals surface area contributed by atoms with Gasteiger partial charge in [-0.05, 0) is 36.8 Å². The van der Waals surface area contributed by atoms with Crippen molar-refractivity contribution in [2.75, 3.05) is 11.5 Å². The van der Waals surface area contributed by atoms with Gasteiger partial charge in [-0.25, -0.2) is 4.98 Å². The topological polar surface area (TPSA) is 85.2 Å². The van der Waals surface area contributed by atoms with Crippen LogP contribution in [0.15, 0.2) is 24.3 Å². The van der Waals surface area contributed by atoms with Crippen molar-refractivity contribution in [2.45, 2.75) is 13.1 Å². The maximum Gasteiger partial charge on any atom is 0.416 e. The van der Waals surface area contributed by atoms with Crippen molar-refractivity contribution >= 4 is 11.5 Å². The molecule has 1 aromatic carbocycles. The highest BCUT2D eigenvalue weighted by atomic mass is 19.4. The number of rotatable bonds is 1. The molecule has 0 atom stereocenters. The van der Waals surface area contributed by atoms with Gasteiger partial charge in [-0.3, -0.25) is 0 Å². The van der Waals surface area contributed by atoms with E-state index in [2.05, 4.69) is 4.98 Å². The van der Waals surface area contributed by atoms with Gasteiger partial charge in [-0.1, -0.05) is 0 Å². The summed E-state index contributed by atoms with van der Waals surface area (Å²) in [5.74, 6) is -0.449. The summed E-state index contributed by atoms with van der Waals surface area (Å²) in [6, 6.07) is 4.58. The quantitative estimate of drug-likeness (QED) is 0.751. The Hall–Kier alpha value is -2.44. The van der Waals surface area contributed by atoms with E-state index < -0.39 is 17.5 Å². The fourth-order valence-corrected chi connectivity index (χ4v) is 1.89. The van der Waals surface area contributed by atoms with E-state index in [9.17, 15) is 18.3 Å². The summed E-state index contributed by atoms with van der Waals surface area (Å²) in [5, 5.41) is 9.84. The smallest absolute Gasteiger partial charge is 0.416 e. The van der Waals surface area contributed by atoms with Crippen molar-refractivity contribution in [3.8, 4) is 17.0 Å². The minimum absolute atomic E-state index is 0.0567. The second-order valence-electron chi connectivity index (χ2n) is 4.36. The molecular weight excluding hydrogens is 271 g/mol. The molecule has 2 rings (SSSR count). The highest BCUT2D eigenvalue weighted by Crippen LogP contribution is 2.38. The fourth-order valence-electron chi connectivity index (χ4n) is 1.89. The van der Waals surface area contributed by atoms with Crippen LogP contribution in [-0.4, -0.2) is 10.1 Å². The number of aromatic hydroxyl groups is 1. The third kappa shape index (κ3) is 2.47. The van der Waals surface area contributed by atoms with Crippen molar-refractivity contribution in [3.05, 3.63) is 35.4 Å². The molecule has 0 saturated heterocycles. The van der Waals surface area contributed by atoms with Crippen LogP contribution in [0.5, 0.6) is 5.75 Å². The monoisotopic (exact) mass is 283 g/mol. The first-order valence-electron chi connectivity index (χ1n) is 5.63. The molecule has 106 valence electrons. The molecule has 0 radical (unpaired) electrons. The van der Waals surface area contributed by atoms with Crippen LogP contribution in [0.4, 0.5) is 24.7 Å². The van der Waals surface area contributed by atoms with E-state index in [0.717, 1.165) is 6.07 Å². The Morgan fingerprint density at radius 1 is 1.15 bits per heavy atom. The third-order valence-corrected chi connectivity index (χ3v) is 2.86. The summed E-state index contributed by atoms with van der Waals surface area (Å²) < 4.78 is 37.9. The minimum atomic E-state index is -4.52. The van der Waals surface area contributed by atoms with Crippen molar-refractivity contribution in [2.24, 2.45) is 0 Å². The summed E-state index contributed by atoms with van der Waals surface area (Å²) in [4.78, 5) is 3.97. The highest BCUT2D eigenvalue weighted by molar-refractivity contribution is 5.74. The van der Waals surface area contributed by atoms with Crippen molar-refractivity contribution in [3.63, 3.8) is 0 Å². The third-order valence-electron chi connectivity index (χ3n) is 2.86. The molecule has 20 heavy (non-hydrogen) atoms. The number of nitrogens with zero attached hydrogens (tertiary/aromatic N) is 1. The lowest BCUT2D eigenvalue weighted by atomic mass is 10.00. The maximum absolute atomic E-state index is 12.6. The van der Waals surface area contributed by atoms with E-state index in [1.807, 2.05) is 0 Å².